The van der Waals surface area contributed by atoms with Crippen LogP contribution >= 0.6 is 0 Å². The second-order valence-electron chi connectivity index (χ2n) is 8.55. The van der Waals surface area contributed by atoms with Gasteiger partial charge >= 0.3 is 11.9 Å². The van der Waals surface area contributed by atoms with Crippen molar-refractivity contribution in [1.29, 1.82) is 0 Å². The third-order valence-corrected chi connectivity index (χ3v) is 5.86. The Kier molecular flexibility index (Phi) is 8.81. The molecule has 4 aromatic rings. The molecule has 0 spiro atoms. The zero-order chi connectivity index (χ0) is 28.5. The summed E-state index contributed by atoms with van der Waals surface area (Å²) < 4.78 is 15.9. The number of ether oxygens (including phenoxy) is 3. The molecule has 0 saturated carbocycles. The summed E-state index contributed by atoms with van der Waals surface area (Å²) in [6.45, 7) is 10.5. The van der Waals surface area contributed by atoms with Gasteiger partial charge in [-0.15, -0.1) is 0 Å². The highest BCUT2D eigenvalue weighted by atomic mass is 16.5. The van der Waals surface area contributed by atoms with E-state index in [9.17, 15) is 9.59 Å². The van der Waals surface area contributed by atoms with E-state index < -0.39 is 11.9 Å². The quantitative estimate of drug-likeness (QED) is 0.0959. The largest absolute Gasteiger partial charge is 0.423 e. The van der Waals surface area contributed by atoms with E-state index in [0.29, 0.717) is 17.2 Å². The molecule has 0 saturated heterocycles. The lowest BCUT2D eigenvalue weighted by Crippen LogP contribution is -2.10. The molecule has 0 heterocycles. The molecule has 0 N–H and O–H groups in total. The lowest BCUT2D eigenvalue weighted by Gasteiger charge is -2.26. The molecule has 0 atom stereocenters. The van der Waals surface area contributed by atoms with Gasteiger partial charge in [-0.3, -0.25) is 0 Å². The van der Waals surface area contributed by atoms with Gasteiger partial charge in [0.25, 0.3) is 0 Å². The molecule has 0 aromatic heterocycles. The molecule has 0 aliphatic carbocycles. The number of hydrogen-bond donors (Lipinski definition) is 0. The molecule has 0 amide bonds. The number of rotatable bonds is 9. The second-order valence-corrected chi connectivity index (χ2v) is 8.55. The van der Waals surface area contributed by atoms with E-state index in [1.54, 1.807) is 31.2 Å². The van der Waals surface area contributed by atoms with E-state index in [1.165, 1.54) is 0 Å². The minimum absolute atomic E-state index is 0.421. The molecule has 0 aliphatic rings. The summed E-state index contributed by atoms with van der Waals surface area (Å²) >= 11 is 0. The molecule has 4 rings (SSSR count). The summed E-state index contributed by atoms with van der Waals surface area (Å²) in [6.07, 6.45) is 4.89. The molecule has 0 aliphatic heterocycles. The second kappa shape index (κ2) is 12.8. The van der Waals surface area contributed by atoms with Gasteiger partial charge in [0.15, 0.2) is 0 Å². The van der Waals surface area contributed by atoms with Gasteiger partial charge in [-0.25, -0.2) is 9.59 Å². The molecular formula is C34H27NO5. The fraction of sp³-hybridized carbons (Fsp3) is 0.0588. The summed E-state index contributed by atoms with van der Waals surface area (Å²) in [6, 6.07) is 28.5. The van der Waals surface area contributed by atoms with Crippen LogP contribution in [0.15, 0.2) is 116 Å². The van der Waals surface area contributed by atoms with E-state index in [1.807, 2.05) is 73.7 Å². The predicted molar refractivity (Wildman–Crippen MR) is 157 cm³/mol. The summed E-state index contributed by atoms with van der Waals surface area (Å²) in [7, 11) is 0. The van der Waals surface area contributed by atoms with Crippen LogP contribution in [-0.2, 0) is 9.59 Å². The van der Waals surface area contributed by atoms with Crippen LogP contribution in [0.2, 0.25) is 0 Å². The maximum Gasteiger partial charge on any atom is 0.335 e. The average molecular weight is 530 g/mol. The highest BCUT2D eigenvalue weighted by Crippen LogP contribution is 2.38. The lowest BCUT2D eigenvalue weighted by molar-refractivity contribution is -0.129. The van der Waals surface area contributed by atoms with Crippen LogP contribution in [0.3, 0.4) is 0 Å². The molecule has 0 radical (unpaired) electrons. The van der Waals surface area contributed by atoms with Crippen LogP contribution < -0.4 is 19.1 Å². The van der Waals surface area contributed by atoms with Gasteiger partial charge in [-0.2, -0.15) is 0 Å². The van der Waals surface area contributed by atoms with Gasteiger partial charge in [-0.1, -0.05) is 43.3 Å². The fourth-order valence-electron chi connectivity index (χ4n) is 3.94. The number of hydrogen-bond acceptors (Lipinski definition) is 6. The Morgan fingerprint density at radius 1 is 0.700 bits per heavy atom. The Morgan fingerprint density at radius 3 is 1.62 bits per heavy atom. The molecule has 0 bridgehead atoms. The number of carbonyl (C=O) groups excluding carboxylic acids is 2. The summed E-state index contributed by atoms with van der Waals surface area (Å²) in [4.78, 5) is 25.2. The molecule has 4 aromatic carbocycles. The highest BCUT2D eigenvalue weighted by molar-refractivity contribution is 5.84. The molecule has 6 heteroatoms. The minimum Gasteiger partial charge on any atom is -0.423 e. The van der Waals surface area contributed by atoms with Crippen molar-refractivity contribution in [3.05, 3.63) is 122 Å². The fourth-order valence-corrected chi connectivity index (χ4v) is 3.94. The van der Waals surface area contributed by atoms with Gasteiger partial charge < -0.3 is 19.1 Å². The zero-order valence-electron chi connectivity index (χ0n) is 22.2. The predicted octanol–water partition coefficient (Wildman–Crippen LogP) is 7.67. The summed E-state index contributed by atoms with van der Waals surface area (Å²) in [5.74, 6) is 3.27. The maximum atomic E-state index is 11.6. The Morgan fingerprint density at radius 2 is 1.15 bits per heavy atom. The average Bonchev–Trinajstić information content (AvgIpc) is 2.98. The van der Waals surface area contributed by atoms with Gasteiger partial charge in [0.05, 0.1) is 0 Å². The Hall–Kier alpha value is -5.54. The van der Waals surface area contributed by atoms with Gasteiger partial charge in [0.1, 0.15) is 23.4 Å². The number of esters is 2. The first-order valence-electron chi connectivity index (χ1n) is 12.4. The van der Waals surface area contributed by atoms with Crippen LogP contribution in [0.1, 0.15) is 12.5 Å². The van der Waals surface area contributed by atoms with E-state index in [0.717, 1.165) is 45.9 Å². The molecule has 0 fully saturated rings. The molecule has 198 valence electrons. The number of aryl methyl sites for hydroxylation is 1. The van der Waals surface area contributed by atoms with Crippen molar-refractivity contribution in [3.8, 4) is 40.4 Å². The van der Waals surface area contributed by atoms with Crippen LogP contribution in [0.4, 0.5) is 17.1 Å². The lowest BCUT2D eigenvalue weighted by atomic mass is 10.0. The van der Waals surface area contributed by atoms with Crippen LogP contribution in [0.25, 0.3) is 11.1 Å². The Balaban J connectivity index is 1.68. The standard InChI is InChI=1S/C34H27NO5/c1-5-22-38-32-21-16-29(23-24(32)4)35(28-14-19-31(20-15-28)40-34(37)7-3)27-12-8-25(9-13-27)26-10-17-30(18-11-26)39-33(36)6-2/h6-21,23H,2-3H2,1,4H3. The van der Waals surface area contributed by atoms with Crippen molar-refractivity contribution in [2.75, 3.05) is 4.90 Å². The topological polar surface area (TPSA) is 65.1 Å². The molecule has 40 heavy (non-hydrogen) atoms. The summed E-state index contributed by atoms with van der Waals surface area (Å²) in [5, 5.41) is 0. The Bertz CT molecular complexity index is 1590. The Labute approximate surface area is 233 Å². The number of anilines is 3. The van der Waals surface area contributed by atoms with Gasteiger partial charge in [-0.05, 0) is 90.3 Å². The van der Waals surface area contributed by atoms with Crippen molar-refractivity contribution >= 4 is 29.0 Å². The van der Waals surface area contributed by atoms with E-state index in [2.05, 4.69) is 30.1 Å². The van der Waals surface area contributed by atoms with Crippen LogP contribution in [-0.4, -0.2) is 11.9 Å². The van der Waals surface area contributed by atoms with Crippen molar-refractivity contribution < 1.29 is 23.8 Å². The number of carbonyl (C=O) groups is 2. The third kappa shape index (κ3) is 6.66. The van der Waals surface area contributed by atoms with Gasteiger partial charge in [0, 0.05) is 36.1 Å². The first-order valence-corrected chi connectivity index (χ1v) is 12.4. The monoisotopic (exact) mass is 529 g/mol. The van der Waals surface area contributed by atoms with Crippen LogP contribution in [0, 0.1) is 19.0 Å². The van der Waals surface area contributed by atoms with E-state index in [-0.39, 0.29) is 0 Å². The van der Waals surface area contributed by atoms with Crippen LogP contribution in [0.5, 0.6) is 17.2 Å². The molecule has 6 nitrogen and oxygen atoms in total. The van der Waals surface area contributed by atoms with E-state index in [4.69, 9.17) is 14.2 Å². The number of nitrogens with zero attached hydrogens (tertiary/aromatic N) is 1. The highest BCUT2D eigenvalue weighted by Gasteiger charge is 2.15. The maximum absolute atomic E-state index is 11.6. The minimum atomic E-state index is -0.520. The normalized spacial score (nSPS) is 9.95. The third-order valence-electron chi connectivity index (χ3n) is 5.86. The zero-order valence-corrected chi connectivity index (χ0v) is 22.2. The SMILES string of the molecule is C=CC(=O)Oc1ccc(-c2ccc(N(c3ccc(OC(=O)C=C)cc3)c3ccc(OC#CC)c(C)c3)cc2)cc1. The first kappa shape index (κ1) is 27.5. The molecular weight excluding hydrogens is 502 g/mol. The first-order chi connectivity index (χ1) is 19.4. The van der Waals surface area contributed by atoms with Crippen molar-refractivity contribution in [2.45, 2.75) is 13.8 Å². The smallest absolute Gasteiger partial charge is 0.335 e. The van der Waals surface area contributed by atoms with Gasteiger partial charge in [0.2, 0.25) is 0 Å². The summed E-state index contributed by atoms with van der Waals surface area (Å²) in [5.41, 5.74) is 5.58. The van der Waals surface area contributed by atoms with Crippen molar-refractivity contribution in [2.24, 2.45) is 0 Å². The van der Waals surface area contributed by atoms with Crippen molar-refractivity contribution in [1.82, 2.24) is 0 Å². The molecule has 0 unspecified atom stereocenters. The van der Waals surface area contributed by atoms with Crippen molar-refractivity contribution in [3.63, 3.8) is 0 Å². The van der Waals surface area contributed by atoms with E-state index >= 15 is 0 Å². The number of benzene rings is 4.